The molecule has 0 N–H and O–H groups in total. The standard InChI is InChI=1S/C16H20N6O2/c1-23-9-3-7-22-12-19-20-14(22)11-21-8-6-18-16(21)13-4-5-17-15(10-13)24-2/h4-6,8,10,12H,3,7,9,11H2,1-2H3. The summed E-state index contributed by atoms with van der Waals surface area (Å²) < 4.78 is 14.4. The average Bonchev–Trinajstić information content (AvgIpc) is 3.25. The average molecular weight is 328 g/mol. The number of aryl methyl sites for hydroxylation is 1. The Bertz CT molecular complexity index is 782. The van der Waals surface area contributed by atoms with Gasteiger partial charge >= 0.3 is 0 Å². The Morgan fingerprint density at radius 1 is 1.12 bits per heavy atom. The first-order chi connectivity index (χ1) is 11.8. The number of imidazole rings is 1. The van der Waals surface area contributed by atoms with Gasteiger partial charge in [-0.05, 0) is 12.5 Å². The zero-order chi connectivity index (χ0) is 16.8. The molecule has 0 radical (unpaired) electrons. The molecule has 3 rings (SSSR count). The zero-order valence-electron chi connectivity index (χ0n) is 13.8. The topological polar surface area (TPSA) is 79.9 Å². The second-order valence-corrected chi connectivity index (χ2v) is 5.25. The third kappa shape index (κ3) is 3.60. The Labute approximate surface area is 140 Å². The van der Waals surface area contributed by atoms with Crippen LogP contribution in [0, 0.1) is 0 Å². The van der Waals surface area contributed by atoms with Crippen LogP contribution in [0.3, 0.4) is 0 Å². The summed E-state index contributed by atoms with van der Waals surface area (Å²) in [4.78, 5) is 8.58. The zero-order valence-corrected chi connectivity index (χ0v) is 13.8. The van der Waals surface area contributed by atoms with Crippen molar-refractivity contribution < 1.29 is 9.47 Å². The van der Waals surface area contributed by atoms with Gasteiger partial charge in [-0.1, -0.05) is 0 Å². The third-order valence-electron chi connectivity index (χ3n) is 3.67. The SMILES string of the molecule is COCCCn1cnnc1Cn1ccnc1-c1ccnc(OC)c1. The normalized spacial score (nSPS) is 10.9. The smallest absolute Gasteiger partial charge is 0.213 e. The molecule has 0 atom stereocenters. The summed E-state index contributed by atoms with van der Waals surface area (Å²) in [6, 6.07) is 3.77. The minimum atomic E-state index is 0.560. The molecule has 0 saturated heterocycles. The highest BCUT2D eigenvalue weighted by atomic mass is 16.5. The number of rotatable bonds is 8. The molecule has 0 amide bonds. The fourth-order valence-corrected chi connectivity index (χ4v) is 2.48. The summed E-state index contributed by atoms with van der Waals surface area (Å²) in [6.45, 7) is 2.13. The molecular formula is C16H20N6O2. The number of pyridine rings is 1. The number of methoxy groups -OCH3 is 2. The van der Waals surface area contributed by atoms with Crippen molar-refractivity contribution in [2.45, 2.75) is 19.5 Å². The van der Waals surface area contributed by atoms with Crippen LogP contribution in [0.4, 0.5) is 0 Å². The van der Waals surface area contributed by atoms with Gasteiger partial charge in [0, 0.05) is 50.5 Å². The molecule has 3 aromatic rings. The maximum atomic E-state index is 5.19. The molecule has 0 saturated carbocycles. The van der Waals surface area contributed by atoms with Crippen LogP contribution in [0.15, 0.2) is 37.1 Å². The van der Waals surface area contributed by atoms with E-state index in [4.69, 9.17) is 9.47 Å². The summed E-state index contributed by atoms with van der Waals surface area (Å²) in [5, 5.41) is 8.24. The number of hydrogen-bond donors (Lipinski definition) is 0. The Morgan fingerprint density at radius 3 is 2.88 bits per heavy atom. The quantitative estimate of drug-likeness (QED) is 0.585. The van der Waals surface area contributed by atoms with Gasteiger partial charge in [0.2, 0.25) is 5.88 Å². The Hall–Kier alpha value is -2.74. The molecule has 8 heteroatoms. The molecule has 0 aliphatic carbocycles. The molecule has 3 aromatic heterocycles. The van der Waals surface area contributed by atoms with Crippen molar-refractivity contribution in [2.24, 2.45) is 0 Å². The van der Waals surface area contributed by atoms with Gasteiger partial charge in [-0.2, -0.15) is 0 Å². The van der Waals surface area contributed by atoms with Crippen LogP contribution in [-0.2, 0) is 17.8 Å². The lowest BCUT2D eigenvalue weighted by Gasteiger charge is -2.10. The van der Waals surface area contributed by atoms with E-state index in [9.17, 15) is 0 Å². The van der Waals surface area contributed by atoms with Crippen molar-refractivity contribution in [1.29, 1.82) is 0 Å². The molecule has 126 valence electrons. The van der Waals surface area contributed by atoms with E-state index in [1.807, 2.05) is 27.5 Å². The number of aromatic nitrogens is 6. The van der Waals surface area contributed by atoms with Crippen molar-refractivity contribution in [3.8, 4) is 17.3 Å². The molecule has 24 heavy (non-hydrogen) atoms. The summed E-state index contributed by atoms with van der Waals surface area (Å²) in [6.07, 6.45) is 8.07. The van der Waals surface area contributed by atoms with Crippen molar-refractivity contribution in [3.05, 3.63) is 42.9 Å². The third-order valence-corrected chi connectivity index (χ3v) is 3.67. The number of nitrogens with zero attached hydrogens (tertiary/aromatic N) is 6. The first-order valence-electron chi connectivity index (χ1n) is 7.69. The minimum Gasteiger partial charge on any atom is -0.481 e. The van der Waals surface area contributed by atoms with E-state index in [1.165, 1.54) is 0 Å². The second kappa shape index (κ2) is 7.69. The Balaban J connectivity index is 1.80. The van der Waals surface area contributed by atoms with Gasteiger partial charge in [0.05, 0.1) is 13.7 Å². The molecule has 0 bridgehead atoms. The van der Waals surface area contributed by atoms with E-state index < -0.39 is 0 Å². The van der Waals surface area contributed by atoms with Crippen molar-refractivity contribution in [3.63, 3.8) is 0 Å². The van der Waals surface area contributed by atoms with Crippen molar-refractivity contribution in [2.75, 3.05) is 20.8 Å². The summed E-state index contributed by atoms with van der Waals surface area (Å²) in [5.41, 5.74) is 0.942. The van der Waals surface area contributed by atoms with E-state index in [2.05, 4.69) is 20.2 Å². The molecule has 0 fully saturated rings. The molecule has 0 aromatic carbocycles. The van der Waals surface area contributed by atoms with Gasteiger partial charge in [-0.15, -0.1) is 10.2 Å². The minimum absolute atomic E-state index is 0.560. The van der Waals surface area contributed by atoms with Crippen LogP contribution in [-0.4, -0.2) is 50.1 Å². The van der Waals surface area contributed by atoms with Gasteiger partial charge in [-0.3, -0.25) is 0 Å². The molecule has 0 aliphatic rings. The van der Waals surface area contributed by atoms with E-state index in [0.29, 0.717) is 19.0 Å². The predicted octanol–water partition coefficient (Wildman–Crippen LogP) is 1.63. The summed E-state index contributed by atoms with van der Waals surface area (Å²) >= 11 is 0. The summed E-state index contributed by atoms with van der Waals surface area (Å²) in [7, 11) is 3.30. The Morgan fingerprint density at radius 2 is 2.04 bits per heavy atom. The number of hydrogen-bond acceptors (Lipinski definition) is 6. The largest absolute Gasteiger partial charge is 0.481 e. The first kappa shape index (κ1) is 16.1. The van der Waals surface area contributed by atoms with Crippen LogP contribution in [0.1, 0.15) is 12.2 Å². The Kier molecular flexibility index (Phi) is 5.17. The highest BCUT2D eigenvalue weighted by Gasteiger charge is 2.11. The lowest BCUT2D eigenvalue weighted by Crippen LogP contribution is -2.10. The summed E-state index contributed by atoms with van der Waals surface area (Å²) in [5.74, 6) is 2.28. The lowest BCUT2D eigenvalue weighted by atomic mass is 10.2. The van der Waals surface area contributed by atoms with Gasteiger partial charge in [-0.25, -0.2) is 9.97 Å². The monoisotopic (exact) mass is 328 g/mol. The van der Waals surface area contributed by atoms with Gasteiger partial charge in [0.1, 0.15) is 12.2 Å². The van der Waals surface area contributed by atoms with Crippen molar-refractivity contribution in [1.82, 2.24) is 29.3 Å². The number of ether oxygens (including phenoxy) is 2. The van der Waals surface area contributed by atoms with E-state index in [1.54, 1.807) is 32.9 Å². The molecular weight excluding hydrogens is 308 g/mol. The molecule has 0 unspecified atom stereocenters. The van der Waals surface area contributed by atoms with Crippen LogP contribution in [0.25, 0.3) is 11.4 Å². The fourth-order valence-electron chi connectivity index (χ4n) is 2.48. The highest BCUT2D eigenvalue weighted by Crippen LogP contribution is 2.21. The van der Waals surface area contributed by atoms with E-state index in [-0.39, 0.29) is 0 Å². The van der Waals surface area contributed by atoms with Crippen LogP contribution in [0.5, 0.6) is 5.88 Å². The van der Waals surface area contributed by atoms with Crippen LogP contribution in [0.2, 0.25) is 0 Å². The molecule has 0 spiro atoms. The predicted molar refractivity (Wildman–Crippen MR) is 87.6 cm³/mol. The maximum absolute atomic E-state index is 5.19. The maximum Gasteiger partial charge on any atom is 0.213 e. The fraction of sp³-hybridized carbons (Fsp3) is 0.375. The van der Waals surface area contributed by atoms with Crippen LogP contribution >= 0.6 is 0 Å². The highest BCUT2D eigenvalue weighted by molar-refractivity contribution is 5.56. The van der Waals surface area contributed by atoms with Gasteiger partial charge in [0.25, 0.3) is 0 Å². The van der Waals surface area contributed by atoms with Gasteiger partial charge < -0.3 is 18.6 Å². The van der Waals surface area contributed by atoms with E-state index in [0.717, 1.165) is 30.2 Å². The first-order valence-corrected chi connectivity index (χ1v) is 7.69. The molecule has 8 nitrogen and oxygen atoms in total. The van der Waals surface area contributed by atoms with Crippen LogP contribution < -0.4 is 4.74 Å². The molecule has 3 heterocycles. The molecule has 0 aliphatic heterocycles. The van der Waals surface area contributed by atoms with Crippen molar-refractivity contribution >= 4 is 0 Å². The lowest BCUT2D eigenvalue weighted by molar-refractivity contribution is 0.190. The van der Waals surface area contributed by atoms with Gasteiger partial charge in [0.15, 0.2) is 5.82 Å². The van der Waals surface area contributed by atoms with E-state index >= 15 is 0 Å². The second-order valence-electron chi connectivity index (χ2n) is 5.25.